The van der Waals surface area contributed by atoms with Gasteiger partial charge in [0.2, 0.25) is 17.7 Å². The molecule has 51 heavy (non-hydrogen) atoms. The number of anilines is 2. The van der Waals surface area contributed by atoms with Crippen LogP contribution in [0, 0.1) is 5.82 Å². The van der Waals surface area contributed by atoms with Crippen LogP contribution in [0.5, 0.6) is 5.75 Å². The SMILES string of the molecule is Cn1c(=O)n(C2CCC(=O)NC2=O)c2ccc(C3CC4CCC(C3)N4CC(=O)Nc3ccc4c(F)c(N5CC(=O)NS5(=O)=O)c(O)cc4c3)cc21. The smallest absolute Gasteiger partial charge is 0.329 e. The first-order valence-corrected chi connectivity index (χ1v) is 18.1. The number of hydrogen-bond donors (Lipinski definition) is 4. The van der Waals surface area contributed by atoms with Crippen molar-refractivity contribution >= 4 is 67.0 Å². The Bertz CT molecular complexity index is 2360. The highest BCUT2D eigenvalue weighted by atomic mass is 32.2. The second-order valence-corrected chi connectivity index (χ2v) is 15.3. The highest BCUT2D eigenvalue weighted by Crippen LogP contribution is 2.44. The van der Waals surface area contributed by atoms with Crippen LogP contribution in [0.1, 0.15) is 56.0 Å². The third-order valence-corrected chi connectivity index (χ3v) is 12.1. The van der Waals surface area contributed by atoms with Gasteiger partial charge in [0.1, 0.15) is 24.0 Å². The number of halogens is 1. The Kier molecular flexibility index (Phi) is 7.68. The molecular formula is C34H34FN7O8S. The standard InChI is InChI=1S/C34H34FN7O8S/c1-39-26-13-17(2-7-24(26)42(34(39)48)25-8-9-28(44)37-33(25)47)18-11-21-4-5-22(12-18)40(21)15-29(45)36-20-3-6-23-19(10-20)14-27(43)32(31(23)35)41-16-30(46)38-51(41,49)50/h2-3,6-7,10,13-14,18,21-22,25,43H,4-5,8-9,11-12,15-16H2,1H3,(H,36,45)(H,38,46)(H,37,44,47). The summed E-state index contributed by atoms with van der Waals surface area (Å²) in [6, 6.07) is 11.0. The Balaban J connectivity index is 0.958. The van der Waals surface area contributed by atoms with Crippen LogP contribution in [0.15, 0.2) is 47.3 Å². The Morgan fingerprint density at radius 2 is 1.73 bits per heavy atom. The average molecular weight is 720 g/mol. The number of rotatable bonds is 6. The van der Waals surface area contributed by atoms with E-state index in [4.69, 9.17) is 0 Å². The van der Waals surface area contributed by atoms with Gasteiger partial charge in [-0.15, -0.1) is 0 Å². The molecule has 4 aliphatic rings. The summed E-state index contributed by atoms with van der Waals surface area (Å²) in [5.41, 5.74) is 1.85. The van der Waals surface area contributed by atoms with Crippen molar-refractivity contribution < 1.29 is 37.1 Å². The molecule has 4 fully saturated rings. The first-order valence-electron chi connectivity index (χ1n) is 16.7. The Morgan fingerprint density at radius 3 is 2.41 bits per heavy atom. The van der Waals surface area contributed by atoms with E-state index in [1.165, 1.54) is 33.4 Å². The predicted octanol–water partition coefficient (Wildman–Crippen LogP) is 1.85. The molecule has 3 aromatic carbocycles. The monoisotopic (exact) mass is 719 g/mol. The molecule has 17 heteroatoms. The molecule has 266 valence electrons. The van der Waals surface area contributed by atoms with E-state index in [-0.39, 0.29) is 65.7 Å². The van der Waals surface area contributed by atoms with Gasteiger partial charge in [0.15, 0.2) is 5.82 Å². The Labute approximate surface area is 290 Å². The molecule has 0 spiro atoms. The molecule has 15 nitrogen and oxygen atoms in total. The third-order valence-electron chi connectivity index (χ3n) is 10.7. The lowest BCUT2D eigenvalue weighted by molar-refractivity contribution is -0.135. The molecule has 4 aromatic rings. The van der Waals surface area contributed by atoms with Crippen molar-refractivity contribution in [2.45, 2.75) is 62.6 Å². The molecule has 0 aliphatic carbocycles. The fraction of sp³-hybridized carbons (Fsp3) is 0.382. The minimum absolute atomic E-state index is 0.00117. The normalized spacial score (nSPS) is 24.7. The molecule has 5 heterocycles. The van der Waals surface area contributed by atoms with Gasteiger partial charge in [-0.3, -0.25) is 38.5 Å². The molecule has 0 saturated carbocycles. The van der Waals surface area contributed by atoms with Crippen molar-refractivity contribution in [2.75, 3.05) is 22.7 Å². The number of aromatic hydroxyl groups is 1. The molecule has 3 unspecified atom stereocenters. The van der Waals surface area contributed by atoms with Crippen LogP contribution in [0.4, 0.5) is 15.8 Å². The number of imide groups is 1. The summed E-state index contributed by atoms with van der Waals surface area (Å²) in [5.74, 6) is -3.41. The maximum absolute atomic E-state index is 15.5. The first-order chi connectivity index (χ1) is 24.3. The lowest BCUT2D eigenvalue weighted by atomic mass is 9.85. The molecule has 1 aromatic heterocycles. The first kappa shape index (κ1) is 32.9. The van der Waals surface area contributed by atoms with E-state index in [0.717, 1.165) is 31.2 Å². The van der Waals surface area contributed by atoms with E-state index in [1.54, 1.807) is 11.8 Å². The van der Waals surface area contributed by atoms with Gasteiger partial charge in [-0.05, 0) is 85.4 Å². The van der Waals surface area contributed by atoms with Crippen LogP contribution in [0.3, 0.4) is 0 Å². The second-order valence-electron chi connectivity index (χ2n) is 13.7. The van der Waals surface area contributed by atoms with Crippen molar-refractivity contribution in [1.29, 1.82) is 0 Å². The van der Waals surface area contributed by atoms with Crippen molar-refractivity contribution in [1.82, 2.24) is 24.1 Å². The van der Waals surface area contributed by atoms with E-state index in [9.17, 15) is 37.5 Å². The van der Waals surface area contributed by atoms with Gasteiger partial charge in [0.05, 0.1) is 17.6 Å². The molecule has 4 aliphatic heterocycles. The minimum Gasteiger partial charge on any atom is -0.506 e. The number of piperidine rings is 2. The molecule has 8 rings (SSSR count). The maximum atomic E-state index is 15.5. The topological polar surface area (TPSA) is 192 Å². The van der Waals surface area contributed by atoms with E-state index in [1.807, 2.05) is 18.2 Å². The number of carbonyl (C=O) groups excluding carboxylic acids is 4. The van der Waals surface area contributed by atoms with Gasteiger partial charge in [0, 0.05) is 36.6 Å². The maximum Gasteiger partial charge on any atom is 0.329 e. The van der Waals surface area contributed by atoms with Crippen LogP contribution in [0.25, 0.3) is 21.8 Å². The molecule has 4 amide bonds. The highest BCUT2D eigenvalue weighted by molar-refractivity contribution is 7.92. The number of imidazole rings is 1. The van der Waals surface area contributed by atoms with E-state index < -0.39 is 51.9 Å². The Hall–Kier alpha value is -5.29. The summed E-state index contributed by atoms with van der Waals surface area (Å²) < 4.78 is 45.3. The summed E-state index contributed by atoms with van der Waals surface area (Å²) in [6.07, 6.45) is 3.95. The molecule has 0 radical (unpaired) electrons. The molecular weight excluding hydrogens is 685 g/mol. The van der Waals surface area contributed by atoms with Crippen LogP contribution in [0.2, 0.25) is 0 Å². The zero-order chi connectivity index (χ0) is 35.9. The van der Waals surface area contributed by atoms with Crippen LogP contribution in [-0.2, 0) is 36.4 Å². The lowest BCUT2D eigenvalue weighted by Crippen LogP contribution is -2.46. The number of nitrogens with one attached hydrogen (secondary N) is 3. The van der Waals surface area contributed by atoms with Gasteiger partial charge in [-0.1, -0.05) is 6.07 Å². The van der Waals surface area contributed by atoms with Crippen LogP contribution >= 0.6 is 0 Å². The van der Waals surface area contributed by atoms with Crippen LogP contribution in [-0.4, -0.2) is 76.4 Å². The fourth-order valence-electron chi connectivity index (χ4n) is 8.33. The third kappa shape index (κ3) is 5.51. The van der Waals surface area contributed by atoms with Gasteiger partial charge in [-0.2, -0.15) is 8.42 Å². The van der Waals surface area contributed by atoms with Gasteiger partial charge in [0.25, 0.3) is 5.91 Å². The summed E-state index contributed by atoms with van der Waals surface area (Å²) in [7, 11) is -2.67. The van der Waals surface area contributed by atoms with E-state index in [0.29, 0.717) is 21.0 Å². The van der Waals surface area contributed by atoms with E-state index in [2.05, 4.69) is 15.5 Å². The summed E-state index contributed by atoms with van der Waals surface area (Å²) in [6.45, 7) is -0.516. The number of phenols is 1. The summed E-state index contributed by atoms with van der Waals surface area (Å²) in [4.78, 5) is 64.6. The molecule has 2 bridgehead atoms. The van der Waals surface area contributed by atoms with Crippen molar-refractivity contribution in [3.05, 3.63) is 64.3 Å². The number of benzene rings is 3. The second kappa shape index (κ2) is 11.9. The van der Waals surface area contributed by atoms with Gasteiger partial charge < -0.3 is 10.4 Å². The number of amides is 4. The molecule has 4 N–H and O–H groups in total. The van der Waals surface area contributed by atoms with Crippen LogP contribution < -0.4 is 25.4 Å². The number of phenolic OH excluding ortho intramolecular Hbond substituents is 1. The number of carbonyl (C=O) groups is 4. The zero-order valence-electron chi connectivity index (χ0n) is 27.4. The molecule has 3 atom stereocenters. The average Bonchev–Trinajstić information content (AvgIpc) is 3.57. The zero-order valence-corrected chi connectivity index (χ0v) is 28.2. The van der Waals surface area contributed by atoms with Gasteiger partial charge >= 0.3 is 15.9 Å². The van der Waals surface area contributed by atoms with Crippen molar-refractivity contribution in [3.8, 4) is 5.75 Å². The number of aryl methyl sites for hydroxylation is 1. The minimum atomic E-state index is -4.34. The highest BCUT2D eigenvalue weighted by Gasteiger charge is 2.42. The molecule has 4 saturated heterocycles. The lowest BCUT2D eigenvalue weighted by Gasteiger charge is -2.38. The largest absolute Gasteiger partial charge is 0.506 e. The summed E-state index contributed by atoms with van der Waals surface area (Å²) in [5, 5.41) is 16.0. The van der Waals surface area contributed by atoms with Gasteiger partial charge in [-0.25, -0.2) is 18.2 Å². The number of nitrogens with zero attached hydrogens (tertiary/aromatic N) is 4. The number of hydrogen-bond acceptors (Lipinski definition) is 9. The van der Waals surface area contributed by atoms with Crippen molar-refractivity contribution in [3.63, 3.8) is 0 Å². The number of fused-ring (bicyclic) bond motifs is 4. The Morgan fingerprint density at radius 1 is 0.980 bits per heavy atom. The van der Waals surface area contributed by atoms with E-state index >= 15 is 4.39 Å². The quantitative estimate of drug-likeness (QED) is 0.215. The van der Waals surface area contributed by atoms with Crippen molar-refractivity contribution in [2.24, 2.45) is 7.05 Å². The summed E-state index contributed by atoms with van der Waals surface area (Å²) >= 11 is 0. The number of aromatic nitrogens is 2. The fourth-order valence-corrected chi connectivity index (χ4v) is 9.50. The predicted molar refractivity (Wildman–Crippen MR) is 183 cm³/mol.